The second kappa shape index (κ2) is 6.68. The summed E-state index contributed by atoms with van der Waals surface area (Å²) in [5.74, 6) is 0. The van der Waals surface area contributed by atoms with E-state index in [9.17, 15) is 18.0 Å². The van der Waals surface area contributed by atoms with Crippen molar-refractivity contribution in [1.29, 1.82) is 0 Å². The van der Waals surface area contributed by atoms with Crippen LogP contribution in [0.15, 0.2) is 41.2 Å². The van der Waals surface area contributed by atoms with Gasteiger partial charge in [0.2, 0.25) is 0 Å². The van der Waals surface area contributed by atoms with Crippen molar-refractivity contribution in [2.45, 2.75) is 32.5 Å². The predicted molar refractivity (Wildman–Crippen MR) is 96.6 cm³/mol. The van der Waals surface area contributed by atoms with E-state index in [1.807, 2.05) is 13.8 Å². The van der Waals surface area contributed by atoms with Gasteiger partial charge >= 0.3 is 6.18 Å². The first kappa shape index (κ1) is 18.3. The Bertz CT molecular complexity index is 1070. The summed E-state index contributed by atoms with van der Waals surface area (Å²) < 4.78 is 42.6. The van der Waals surface area contributed by atoms with Crippen LogP contribution in [0.2, 0.25) is 0 Å². The van der Waals surface area contributed by atoms with Crippen molar-refractivity contribution in [3.63, 3.8) is 0 Å². The fraction of sp³-hybridized carbons (Fsp3) is 0.278. The van der Waals surface area contributed by atoms with Crippen molar-refractivity contribution in [1.82, 2.24) is 14.5 Å². The Kier molecular flexibility index (Phi) is 4.70. The molecule has 8 heteroatoms. The molecule has 0 aliphatic heterocycles. The van der Waals surface area contributed by atoms with Crippen molar-refractivity contribution in [3.05, 3.63) is 57.1 Å². The molecule has 136 valence electrons. The summed E-state index contributed by atoms with van der Waals surface area (Å²) in [5, 5.41) is -0.494. The van der Waals surface area contributed by atoms with Gasteiger partial charge in [0.25, 0.3) is 5.56 Å². The third kappa shape index (κ3) is 3.16. The standard InChI is InChI=1S/C18H16F3N3OS/c1-3-10(2)24-15-14(16(25)23-17(24)26)12(18(19,20)21)9-13(22-15)11-7-5-4-6-8-11/h4-10H,3H2,1-2H3,(H,23,25,26)/t10-/m1/s1. The number of fused-ring (bicyclic) bond motifs is 1. The Morgan fingerprint density at radius 2 is 1.92 bits per heavy atom. The zero-order chi connectivity index (χ0) is 19.1. The molecule has 0 saturated heterocycles. The molecule has 2 heterocycles. The quantitative estimate of drug-likeness (QED) is 0.644. The lowest BCUT2D eigenvalue weighted by molar-refractivity contribution is -0.136. The van der Waals surface area contributed by atoms with E-state index in [2.05, 4.69) is 9.97 Å². The number of aromatic nitrogens is 3. The van der Waals surface area contributed by atoms with Crippen molar-refractivity contribution in [2.75, 3.05) is 0 Å². The Labute approximate surface area is 152 Å². The van der Waals surface area contributed by atoms with Gasteiger partial charge in [-0.1, -0.05) is 37.3 Å². The first-order valence-electron chi connectivity index (χ1n) is 8.06. The van der Waals surface area contributed by atoms with E-state index in [1.54, 1.807) is 30.3 Å². The van der Waals surface area contributed by atoms with Crippen molar-refractivity contribution < 1.29 is 13.2 Å². The van der Waals surface area contributed by atoms with Gasteiger partial charge in [0.1, 0.15) is 5.65 Å². The maximum absolute atomic E-state index is 13.7. The molecule has 3 rings (SSSR count). The molecule has 4 nitrogen and oxygen atoms in total. The maximum atomic E-state index is 13.7. The highest BCUT2D eigenvalue weighted by Crippen LogP contribution is 2.36. The molecule has 0 unspecified atom stereocenters. The highest BCUT2D eigenvalue weighted by atomic mass is 32.1. The first-order chi connectivity index (χ1) is 12.2. The van der Waals surface area contributed by atoms with Crippen LogP contribution in [0.5, 0.6) is 0 Å². The van der Waals surface area contributed by atoms with Crippen molar-refractivity contribution in [2.24, 2.45) is 0 Å². The summed E-state index contributed by atoms with van der Waals surface area (Å²) in [4.78, 5) is 19.0. The topological polar surface area (TPSA) is 50.7 Å². The number of alkyl halides is 3. The third-order valence-electron chi connectivity index (χ3n) is 4.30. The molecule has 1 N–H and O–H groups in total. The average Bonchev–Trinajstić information content (AvgIpc) is 2.60. The second-order valence-electron chi connectivity index (χ2n) is 6.00. The smallest absolute Gasteiger partial charge is 0.300 e. The van der Waals surface area contributed by atoms with Crippen molar-refractivity contribution in [3.8, 4) is 11.3 Å². The summed E-state index contributed by atoms with van der Waals surface area (Å²) in [7, 11) is 0. The van der Waals surface area contributed by atoms with E-state index in [-0.39, 0.29) is 22.2 Å². The van der Waals surface area contributed by atoms with Crippen LogP contribution >= 0.6 is 12.2 Å². The van der Waals surface area contributed by atoms with Crippen LogP contribution < -0.4 is 5.56 Å². The fourth-order valence-corrected chi connectivity index (χ4v) is 3.18. The van der Waals surface area contributed by atoms with Crippen molar-refractivity contribution >= 4 is 23.3 Å². The molecular formula is C18H16F3N3OS. The number of hydrogen-bond acceptors (Lipinski definition) is 3. The number of nitrogens with zero attached hydrogens (tertiary/aromatic N) is 2. The highest BCUT2D eigenvalue weighted by molar-refractivity contribution is 7.71. The van der Waals surface area contributed by atoms with Gasteiger partial charge in [0, 0.05) is 11.6 Å². The summed E-state index contributed by atoms with van der Waals surface area (Å²) in [6.07, 6.45) is -4.08. The van der Waals surface area contributed by atoms with Gasteiger partial charge in [-0.3, -0.25) is 14.3 Å². The summed E-state index contributed by atoms with van der Waals surface area (Å²) in [6, 6.07) is 9.23. The number of nitrogens with one attached hydrogen (secondary N) is 1. The number of H-pyrrole nitrogens is 1. The molecule has 1 atom stereocenters. The molecular weight excluding hydrogens is 363 g/mol. The van der Waals surface area contributed by atoms with Gasteiger partial charge in [-0.25, -0.2) is 4.98 Å². The van der Waals surface area contributed by atoms with Crippen LogP contribution in [0, 0.1) is 4.77 Å². The molecule has 0 fully saturated rings. The highest BCUT2D eigenvalue weighted by Gasteiger charge is 2.35. The lowest BCUT2D eigenvalue weighted by atomic mass is 10.1. The Morgan fingerprint density at radius 3 is 2.50 bits per heavy atom. The minimum Gasteiger partial charge on any atom is -0.300 e. The molecule has 26 heavy (non-hydrogen) atoms. The maximum Gasteiger partial charge on any atom is 0.417 e. The number of rotatable bonds is 3. The van der Waals surface area contributed by atoms with Gasteiger partial charge in [-0.05, 0) is 31.6 Å². The predicted octanol–water partition coefficient (Wildman–Crippen LogP) is 5.11. The second-order valence-corrected chi connectivity index (χ2v) is 6.39. The molecule has 0 aliphatic rings. The lowest BCUT2D eigenvalue weighted by Gasteiger charge is -2.19. The largest absolute Gasteiger partial charge is 0.417 e. The van der Waals surface area contributed by atoms with Crippen LogP contribution in [-0.4, -0.2) is 14.5 Å². The van der Waals surface area contributed by atoms with E-state index < -0.39 is 22.7 Å². The zero-order valence-corrected chi connectivity index (χ0v) is 14.9. The van der Waals surface area contributed by atoms with E-state index in [4.69, 9.17) is 12.2 Å². The molecule has 0 amide bonds. The number of aromatic amines is 1. The van der Waals surface area contributed by atoms with Gasteiger partial charge in [-0.2, -0.15) is 13.2 Å². The van der Waals surface area contributed by atoms with E-state index >= 15 is 0 Å². The first-order valence-corrected chi connectivity index (χ1v) is 8.47. The molecule has 1 aromatic carbocycles. The SMILES string of the molecule is CC[C@@H](C)n1c(=S)[nH]c(=O)c2c(C(F)(F)F)cc(-c3ccccc3)nc21. The minimum absolute atomic E-state index is 0.0539. The summed E-state index contributed by atoms with van der Waals surface area (Å²) >= 11 is 5.19. The van der Waals surface area contributed by atoms with Gasteiger partial charge in [0.15, 0.2) is 4.77 Å². The zero-order valence-electron chi connectivity index (χ0n) is 14.1. The summed E-state index contributed by atoms with van der Waals surface area (Å²) in [5.41, 5.74) is -1.29. The average molecular weight is 379 g/mol. The van der Waals surface area contributed by atoms with Crippen LogP contribution in [-0.2, 0) is 6.18 Å². The monoisotopic (exact) mass is 379 g/mol. The number of pyridine rings is 1. The van der Waals surface area contributed by atoms with Gasteiger partial charge in [0.05, 0.1) is 16.6 Å². The number of benzene rings is 1. The van der Waals surface area contributed by atoms with E-state index in [0.29, 0.717) is 12.0 Å². The molecule has 0 bridgehead atoms. The Balaban J connectivity index is 2.52. The minimum atomic E-state index is -4.70. The molecule has 0 saturated carbocycles. The van der Waals surface area contributed by atoms with Crippen LogP contribution in [0.4, 0.5) is 13.2 Å². The number of halogens is 3. The lowest BCUT2D eigenvalue weighted by Crippen LogP contribution is -2.22. The van der Waals surface area contributed by atoms with Crippen LogP contribution in [0.1, 0.15) is 31.9 Å². The Hall–Kier alpha value is -2.48. The van der Waals surface area contributed by atoms with Gasteiger partial charge < -0.3 is 0 Å². The Morgan fingerprint density at radius 1 is 1.27 bits per heavy atom. The molecule has 0 aliphatic carbocycles. The molecule has 2 aromatic heterocycles. The number of hydrogen-bond donors (Lipinski definition) is 1. The summed E-state index contributed by atoms with van der Waals surface area (Å²) in [6.45, 7) is 3.70. The fourth-order valence-electron chi connectivity index (χ4n) is 2.82. The molecule has 3 aromatic rings. The normalized spacial score (nSPS) is 13.1. The molecule has 0 radical (unpaired) electrons. The van der Waals surface area contributed by atoms with Crippen LogP contribution in [0.25, 0.3) is 22.3 Å². The van der Waals surface area contributed by atoms with Crippen LogP contribution in [0.3, 0.4) is 0 Å². The van der Waals surface area contributed by atoms with E-state index in [0.717, 1.165) is 6.07 Å². The van der Waals surface area contributed by atoms with E-state index in [1.165, 1.54) is 4.57 Å². The molecule has 0 spiro atoms. The van der Waals surface area contributed by atoms with Gasteiger partial charge in [-0.15, -0.1) is 0 Å². The third-order valence-corrected chi connectivity index (χ3v) is 4.60.